The van der Waals surface area contributed by atoms with Gasteiger partial charge in [0.2, 0.25) is 0 Å². The van der Waals surface area contributed by atoms with E-state index in [2.05, 4.69) is 0 Å². The summed E-state index contributed by atoms with van der Waals surface area (Å²) in [5.74, 6) is 1.54. The van der Waals surface area contributed by atoms with Crippen molar-refractivity contribution in [1.29, 1.82) is 0 Å². The molecule has 0 amide bonds. The van der Waals surface area contributed by atoms with Crippen molar-refractivity contribution < 1.29 is 14.3 Å². The molecule has 22 heavy (non-hydrogen) atoms. The molecule has 0 bridgehead atoms. The van der Waals surface area contributed by atoms with Gasteiger partial charge in [0.15, 0.2) is 5.78 Å². The summed E-state index contributed by atoms with van der Waals surface area (Å²) in [5, 5.41) is 0. The molecule has 0 unspecified atom stereocenters. The van der Waals surface area contributed by atoms with Gasteiger partial charge in [-0.05, 0) is 73.0 Å². The Balaban J connectivity index is 2.22. The molecule has 0 heterocycles. The Kier molecular flexibility index (Phi) is 4.99. The summed E-state index contributed by atoms with van der Waals surface area (Å²) in [6.45, 7) is 4.01. The molecule has 2 aromatic carbocycles. The zero-order chi connectivity index (χ0) is 16.1. The fourth-order valence-corrected chi connectivity index (χ4v) is 2.33. The predicted molar refractivity (Wildman–Crippen MR) is 88.8 cm³/mol. The first-order valence-electron chi connectivity index (χ1n) is 7.07. The van der Waals surface area contributed by atoms with Gasteiger partial charge in [-0.2, -0.15) is 0 Å². The minimum Gasteiger partial charge on any atom is -0.497 e. The van der Waals surface area contributed by atoms with E-state index < -0.39 is 0 Å². The van der Waals surface area contributed by atoms with Gasteiger partial charge in [0, 0.05) is 5.56 Å². The van der Waals surface area contributed by atoms with Gasteiger partial charge in [0.1, 0.15) is 11.5 Å². The van der Waals surface area contributed by atoms with E-state index in [9.17, 15) is 4.79 Å². The van der Waals surface area contributed by atoms with E-state index in [-0.39, 0.29) is 5.78 Å². The maximum absolute atomic E-state index is 12.2. The monoisotopic (exact) mass is 296 g/mol. The Bertz CT molecular complexity index is 674. The first-order chi connectivity index (χ1) is 10.5. The lowest BCUT2D eigenvalue weighted by Gasteiger charge is -2.08. The molecule has 0 fully saturated rings. The second kappa shape index (κ2) is 6.94. The molecule has 0 aliphatic heterocycles. The highest BCUT2D eigenvalue weighted by Crippen LogP contribution is 2.23. The molecule has 114 valence electrons. The standard InChI is InChI=1S/C19H20O3/c1-13-11-17(22-4)12-14(2)18(13)9-10-19(20)15-5-7-16(21-3)8-6-15/h5-12H,1-4H3/b10-9+. The van der Waals surface area contributed by atoms with Crippen LogP contribution in [0.15, 0.2) is 42.5 Å². The topological polar surface area (TPSA) is 35.5 Å². The van der Waals surface area contributed by atoms with Crippen molar-refractivity contribution in [3.8, 4) is 11.5 Å². The average Bonchev–Trinajstić information content (AvgIpc) is 2.53. The van der Waals surface area contributed by atoms with Gasteiger partial charge in [0.25, 0.3) is 0 Å². The lowest BCUT2D eigenvalue weighted by Crippen LogP contribution is -1.95. The van der Waals surface area contributed by atoms with Crippen molar-refractivity contribution in [2.24, 2.45) is 0 Å². The Labute approximate surface area is 131 Å². The summed E-state index contributed by atoms with van der Waals surface area (Å²) in [6.07, 6.45) is 3.46. The Morgan fingerprint density at radius 3 is 1.95 bits per heavy atom. The van der Waals surface area contributed by atoms with Crippen LogP contribution in [0.3, 0.4) is 0 Å². The molecule has 0 saturated carbocycles. The summed E-state index contributed by atoms with van der Waals surface area (Å²) < 4.78 is 10.3. The number of aryl methyl sites for hydroxylation is 2. The van der Waals surface area contributed by atoms with Crippen LogP contribution in [0.25, 0.3) is 6.08 Å². The largest absolute Gasteiger partial charge is 0.497 e. The molecule has 3 heteroatoms. The predicted octanol–water partition coefficient (Wildman–Crippen LogP) is 4.22. The van der Waals surface area contributed by atoms with Gasteiger partial charge in [0.05, 0.1) is 14.2 Å². The Hall–Kier alpha value is -2.55. The smallest absolute Gasteiger partial charge is 0.185 e. The third-order valence-electron chi connectivity index (χ3n) is 3.58. The van der Waals surface area contributed by atoms with E-state index in [0.717, 1.165) is 28.2 Å². The maximum Gasteiger partial charge on any atom is 0.185 e. The zero-order valence-corrected chi connectivity index (χ0v) is 13.3. The van der Waals surface area contributed by atoms with E-state index in [4.69, 9.17) is 9.47 Å². The number of hydrogen-bond donors (Lipinski definition) is 0. The van der Waals surface area contributed by atoms with Crippen molar-refractivity contribution in [2.45, 2.75) is 13.8 Å². The van der Waals surface area contributed by atoms with Gasteiger partial charge in [-0.25, -0.2) is 0 Å². The first kappa shape index (κ1) is 15.8. The number of benzene rings is 2. The zero-order valence-electron chi connectivity index (χ0n) is 13.3. The molecular formula is C19H20O3. The van der Waals surface area contributed by atoms with Crippen LogP contribution in [0.2, 0.25) is 0 Å². The van der Waals surface area contributed by atoms with Crippen molar-refractivity contribution in [2.75, 3.05) is 14.2 Å². The highest BCUT2D eigenvalue weighted by Gasteiger charge is 2.05. The van der Waals surface area contributed by atoms with Crippen molar-refractivity contribution >= 4 is 11.9 Å². The lowest BCUT2D eigenvalue weighted by molar-refractivity contribution is 0.104. The number of methoxy groups -OCH3 is 2. The third-order valence-corrected chi connectivity index (χ3v) is 3.58. The maximum atomic E-state index is 12.2. The van der Waals surface area contributed by atoms with Crippen LogP contribution in [0.1, 0.15) is 27.0 Å². The van der Waals surface area contributed by atoms with E-state index in [1.165, 1.54) is 0 Å². The SMILES string of the molecule is COc1ccc(C(=O)/C=C/c2c(C)cc(OC)cc2C)cc1. The molecular weight excluding hydrogens is 276 g/mol. The second-order valence-electron chi connectivity index (χ2n) is 5.10. The Morgan fingerprint density at radius 2 is 1.45 bits per heavy atom. The summed E-state index contributed by atoms with van der Waals surface area (Å²) in [7, 11) is 3.25. The molecule has 0 saturated heterocycles. The van der Waals surface area contributed by atoms with E-state index >= 15 is 0 Å². The van der Waals surface area contributed by atoms with Crippen LogP contribution in [-0.2, 0) is 0 Å². The van der Waals surface area contributed by atoms with Crippen molar-refractivity contribution in [3.63, 3.8) is 0 Å². The molecule has 0 radical (unpaired) electrons. The van der Waals surface area contributed by atoms with Crippen LogP contribution in [0.4, 0.5) is 0 Å². The number of hydrogen-bond acceptors (Lipinski definition) is 3. The number of ketones is 1. The molecule has 0 atom stereocenters. The normalized spacial score (nSPS) is 10.7. The number of rotatable bonds is 5. The quantitative estimate of drug-likeness (QED) is 0.612. The van der Waals surface area contributed by atoms with Crippen LogP contribution >= 0.6 is 0 Å². The van der Waals surface area contributed by atoms with E-state index in [0.29, 0.717) is 5.56 Å². The molecule has 2 aromatic rings. The number of carbonyl (C=O) groups is 1. The first-order valence-corrected chi connectivity index (χ1v) is 7.07. The molecule has 0 spiro atoms. The van der Waals surface area contributed by atoms with E-state index in [1.807, 2.05) is 32.1 Å². The van der Waals surface area contributed by atoms with Gasteiger partial charge in [-0.1, -0.05) is 6.08 Å². The summed E-state index contributed by atoms with van der Waals surface area (Å²) >= 11 is 0. The summed E-state index contributed by atoms with van der Waals surface area (Å²) in [4.78, 5) is 12.2. The summed E-state index contributed by atoms with van der Waals surface area (Å²) in [6, 6.07) is 11.0. The fraction of sp³-hybridized carbons (Fsp3) is 0.211. The molecule has 3 nitrogen and oxygen atoms in total. The average molecular weight is 296 g/mol. The van der Waals surface area contributed by atoms with Crippen LogP contribution in [-0.4, -0.2) is 20.0 Å². The molecule has 0 aliphatic rings. The van der Waals surface area contributed by atoms with Crippen molar-refractivity contribution in [3.05, 3.63) is 64.7 Å². The second-order valence-corrected chi connectivity index (χ2v) is 5.10. The fourth-order valence-electron chi connectivity index (χ4n) is 2.33. The van der Waals surface area contributed by atoms with Gasteiger partial charge in [-0.3, -0.25) is 4.79 Å². The highest BCUT2D eigenvalue weighted by atomic mass is 16.5. The van der Waals surface area contributed by atoms with E-state index in [1.54, 1.807) is 44.6 Å². The van der Waals surface area contributed by atoms with Crippen molar-refractivity contribution in [1.82, 2.24) is 0 Å². The molecule has 2 rings (SSSR count). The minimum absolute atomic E-state index is 0.0303. The Morgan fingerprint density at radius 1 is 0.909 bits per heavy atom. The summed E-state index contributed by atoms with van der Waals surface area (Å²) in [5.41, 5.74) is 3.84. The van der Waals surface area contributed by atoms with Crippen LogP contribution in [0, 0.1) is 13.8 Å². The highest BCUT2D eigenvalue weighted by molar-refractivity contribution is 6.07. The van der Waals surface area contributed by atoms with Crippen LogP contribution in [0.5, 0.6) is 11.5 Å². The van der Waals surface area contributed by atoms with Gasteiger partial charge >= 0.3 is 0 Å². The third kappa shape index (κ3) is 3.55. The van der Waals surface area contributed by atoms with Gasteiger partial charge < -0.3 is 9.47 Å². The molecule has 0 N–H and O–H groups in total. The number of carbonyl (C=O) groups excluding carboxylic acids is 1. The van der Waals surface area contributed by atoms with Gasteiger partial charge in [-0.15, -0.1) is 0 Å². The molecule has 0 aromatic heterocycles. The number of allylic oxidation sites excluding steroid dienone is 1. The lowest BCUT2D eigenvalue weighted by atomic mass is 10.0. The minimum atomic E-state index is -0.0303. The molecule has 0 aliphatic carbocycles. The number of ether oxygens (including phenoxy) is 2. The van der Waals surface area contributed by atoms with Crippen LogP contribution < -0.4 is 9.47 Å².